The van der Waals surface area contributed by atoms with Crippen LogP contribution in [0.4, 0.5) is 15.9 Å². The van der Waals surface area contributed by atoms with E-state index in [1.54, 1.807) is 6.92 Å². The molecule has 1 saturated heterocycles. The molecule has 11 heteroatoms. The van der Waals surface area contributed by atoms with Crippen LogP contribution in [0.2, 0.25) is 10.2 Å². The zero-order chi connectivity index (χ0) is 24.2. The van der Waals surface area contributed by atoms with Gasteiger partial charge >= 0.3 is 5.97 Å². The smallest absolute Gasteiger partial charge is 0.356 e. The zero-order valence-corrected chi connectivity index (χ0v) is 19.8. The highest BCUT2D eigenvalue weighted by Gasteiger charge is 2.45. The molecule has 1 saturated carbocycles. The van der Waals surface area contributed by atoms with Crippen molar-refractivity contribution in [3.8, 4) is 0 Å². The van der Waals surface area contributed by atoms with Crippen LogP contribution in [-0.4, -0.2) is 38.5 Å². The van der Waals surface area contributed by atoms with E-state index in [-0.39, 0.29) is 27.2 Å². The van der Waals surface area contributed by atoms with Crippen LogP contribution in [0.3, 0.4) is 0 Å². The van der Waals surface area contributed by atoms with Gasteiger partial charge in [0.2, 0.25) is 0 Å². The quantitative estimate of drug-likeness (QED) is 0.480. The molecule has 0 unspecified atom stereocenters. The summed E-state index contributed by atoms with van der Waals surface area (Å²) in [5.74, 6) is -1.52. The molecule has 2 fully saturated rings. The number of nitrogens with one attached hydrogen (secondary N) is 1. The van der Waals surface area contributed by atoms with Crippen molar-refractivity contribution in [1.29, 1.82) is 0 Å². The molecule has 2 aliphatic rings. The number of carboxylic acid groups (broad SMARTS) is 1. The summed E-state index contributed by atoms with van der Waals surface area (Å²) < 4.78 is 15.6. The molecule has 0 aromatic carbocycles. The van der Waals surface area contributed by atoms with Crippen LogP contribution < -0.4 is 15.8 Å². The third-order valence-corrected chi connectivity index (χ3v) is 7.37. The van der Waals surface area contributed by atoms with Gasteiger partial charge in [0.05, 0.1) is 11.7 Å². The van der Waals surface area contributed by atoms with Crippen molar-refractivity contribution in [2.45, 2.75) is 38.6 Å². The second-order valence-corrected chi connectivity index (χ2v) is 9.82. The van der Waals surface area contributed by atoms with Gasteiger partial charge in [-0.1, -0.05) is 23.2 Å². The second kappa shape index (κ2) is 8.39. The maximum absolute atomic E-state index is 14.5. The van der Waals surface area contributed by atoms with Crippen LogP contribution in [-0.2, 0) is 0 Å². The van der Waals surface area contributed by atoms with Gasteiger partial charge in [-0.15, -0.1) is 0 Å². The number of aromatic nitrogens is 3. The Balaban J connectivity index is 1.56. The first kappa shape index (κ1) is 22.9. The number of aromatic carboxylic acids is 1. The normalized spacial score (nSPS) is 17.7. The Morgan fingerprint density at radius 1 is 1.21 bits per heavy atom. The molecule has 3 aromatic heterocycles. The minimum atomic E-state index is -1.26. The minimum absolute atomic E-state index is 0.0359. The maximum Gasteiger partial charge on any atom is 0.356 e. The third-order valence-electron chi connectivity index (χ3n) is 6.83. The Morgan fingerprint density at radius 3 is 2.56 bits per heavy atom. The average Bonchev–Trinajstić information content (AvgIpc) is 3.56. The van der Waals surface area contributed by atoms with E-state index < -0.39 is 23.4 Å². The van der Waals surface area contributed by atoms with Gasteiger partial charge in [0.15, 0.2) is 11.5 Å². The molecule has 3 aromatic rings. The fourth-order valence-electron chi connectivity index (χ4n) is 4.62. The molecule has 0 radical (unpaired) electrons. The van der Waals surface area contributed by atoms with Crippen molar-refractivity contribution in [2.24, 2.45) is 5.41 Å². The first-order chi connectivity index (χ1) is 16.2. The Morgan fingerprint density at radius 2 is 1.91 bits per heavy atom. The first-order valence-electron chi connectivity index (χ1n) is 11.0. The van der Waals surface area contributed by atoms with Gasteiger partial charge in [-0.25, -0.2) is 19.2 Å². The van der Waals surface area contributed by atoms with E-state index in [2.05, 4.69) is 10.3 Å². The lowest BCUT2D eigenvalue weighted by Gasteiger charge is -2.33. The van der Waals surface area contributed by atoms with Crippen molar-refractivity contribution in [3.63, 3.8) is 0 Å². The molecule has 1 spiro atoms. The number of pyridine rings is 2. The summed E-state index contributed by atoms with van der Waals surface area (Å²) in [6.07, 6.45) is 5.60. The van der Waals surface area contributed by atoms with E-state index in [0.29, 0.717) is 16.8 Å². The molecule has 2 N–H and O–H groups in total. The highest BCUT2D eigenvalue weighted by atomic mass is 35.5. The van der Waals surface area contributed by atoms with Gasteiger partial charge in [-0.2, -0.15) is 0 Å². The highest BCUT2D eigenvalue weighted by Crippen LogP contribution is 2.54. The lowest BCUT2D eigenvalue weighted by atomic mass is 9.94. The average molecular weight is 506 g/mol. The SMILES string of the molecule is C[C@@H](Nc1ccc(Cl)nc1C(=O)O)c1cc(F)cn2c(=O)c(Cl)c(N3CCC4(CC3)CC4)nc12. The van der Waals surface area contributed by atoms with E-state index in [1.165, 1.54) is 31.0 Å². The van der Waals surface area contributed by atoms with Crippen LogP contribution >= 0.6 is 23.2 Å². The van der Waals surface area contributed by atoms with Gasteiger partial charge in [0.1, 0.15) is 21.6 Å². The molecule has 4 heterocycles. The van der Waals surface area contributed by atoms with E-state index in [1.807, 2.05) is 4.90 Å². The molecule has 34 heavy (non-hydrogen) atoms. The monoisotopic (exact) mass is 505 g/mol. The molecule has 0 amide bonds. The molecule has 1 aliphatic heterocycles. The van der Waals surface area contributed by atoms with Crippen LogP contribution in [0.15, 0.2) is 29.2 Å². The van der Waals surface area contributed by atoms with Crippen molar-refractivity contribution in [1.82, 2.24) is 14.4 Å². The maximum atomic E-state index is 14.5. The highest BCUT2D eigenvalue weighted by molar-refractivity contribution is 6.32. The lowest BCUT2D eigenvalue weighted by molar-refractivity contribution is 0.0691. The van der Waals surface area contributed by atoms with Crippen LogP contribution in [0.5, 0.6) is 0 Å². The van der Waals surface area contributed by atoms with Gasteiger partial charge in [0, 0.05) is 24.8 Å². The molecule has 1 aliphatic carbocycles. The summed E-state index contributed by atoms with van der Waals surface area (Å²) in [7, 11) is 0. The van der Waals surface area contributed by atoms with Crippen LogP contribution in [0.1, 0.15) is 54.7 Å². The summed E-state index contributed by atoms with van der Waals surface area (Å²) in [4.78, 5) is 35.3. The summed E-state index contributed by atoms with van der Waals surface area (Å²) in [5.41, 5.74) is 0.440. The largest absolute Gasteiger partial charge is 0.476 e. The number of hydrogen-bond acceptors (Lipinski definition) is 6. The Hall–Kier alpha value is -2.91. The van der Waals surface area contributed by atoms with E-state index >= 15 is 0 Å². The van der Waals surface area contributed by atoms with Crippen molar-refractivity contribution < 1.29 is 14.3 Å². The topological polar surface area (TPSA) is 99.8 Å². The molecular weight excluding hydrogens is 484 g/mol. The van der Waals surface area contributed by atoms with Gasteiger partial charge in [0.25, 0.3) is 5.56 Å². The molecule has 178 valence electrons. The predicted molar refractivity (Wildman–Crippen MR) is 128 cm³/mol. The second-order valence-electron chi connectivity index (χ2n) is 9.05. The third kappa shape index (κ3) is 4.07. The fraction of sp³-hybridized carbons (Fsp3) is 0.391. The Kier molecular flexibility index (Phi) is 5.64. The van der Waals surface area contributed by atoms with E-state index in [0.717, 1.165) is 36.5 Å². The van der Waals surface area contributed by atoms with E-state index in [4.69, 9.17) is 28.2 Å². The number of piperidine rings is 1. The zero-order valence-electron chi connectivity index (χ0n) is 18.3. The summed E-state index contributed by atoms with van der Waals surface area (Å²) in [6.45, 7) is 3.23. The van der Waals surface area contributed by atoms with Gasteiger partial charge in [-0.05, 0) is 56.2 Å². The molecule has 0 bridgehead atoms. The number of carbonyl (C=O) groups is 1. The fourth-order valence-corrected chi connectivity index (χ4v) is 5.02. The minimum Gasteiger partial charge on any atom is -0.476 e. The Labute approximate surface area is 204 Å². The molecule has 5 rings (SSSR count). The van der Waals surface area contributed by atoms with Gasteiger partial charge in [-0.3, -0.25) is 9.20 Å². The molecule has 1 atom stereocenters. The van der Waals surface area contributed by atoms with Crippen molar-refractivity contribution in [3.05, 3.63) is 62.0 Å². The van der Waals surface area contributed by atoms with Crippen LogP contribution in [0, 0.1) is 11.2 Å². The number of nitrogens with zero attached hydrogens (tertiary/aromatic N) is 4. The predicted octanol–water partition coefficient (Wildman–Crippen LogP) is 4.79. The number of anilines is 2. The number of carboxylic acids is 1. The number of hydrogen-bond donors (Lipinski definition) is 2. The molecule has 8 nitrogen and oxygen atoms in total. The van der Waals surface area contributed by atoms with E-state index in [9.17, 15) is 19.1 Å². The number of fused-ring (bicyclic) bond motifs is 1. The summed E-state index contributed by atoms with van der Waals surface area (Å²) >= 11 is 12.3. The van der Waals surface area contributed by atoms with Crippen molar-refractivity contribution in [2.75, 3.05) is 23.3 Å². The molecular formula is C23H22Cl2FN5O3. The Bertz CT molecular complexity index is 1360. The van der Waals surface area contributed by atoms with Crippen LogP contribution in [0.25, 0.3) is 5.65 Å². The lowest BCUT2D eigenvalue weighted by Crippen LogP contribution is -2.36. The summed E-state index contributed by atoms with van der Waals surface area (Å²) in [6, 6.07) is 3.59. The number of halogens is 3. The summed E-state index contributed by atoms with van der Waals surface area (Å²) in [5, 5.41) is 12.5. The number of rotatable bonds is 5. The van der Waals surface area contributed by atoms with Gasteiger partial charge < -0.3 is 15.3 Å². The standard InChI is InChI=1S/C23H22Cl2FN5O3/c1-12(27-15-2-3-16(24)28-18(15)22(33)34)14-10-13(26)11-31-19(14)29-20(17(25)21(31)32)30-8-6-23(4-5-23)7-9-30/h2-3,10-12,27H,4-9H2,1H3,(H,33,34)/t12-/m1/s1. The first-order valence-corrected chi connectivity index (χ1v) is 11.8. The van der Waals surface area contributed by atoms with Crippen molar-refractivity contribution >= 4 is 46.3 Å².